The van der Waals surface area contributed by atoms with Crippen molar-refractivity contribution in [3.8, 4) is 0 Å². The minimum atomic E-state index is -0.344. The summed E-state index contributed by atoms with van der Waals surface area (Å²) in [4.78, 5) is 23.3. The van der Waals surface area contributed by atoms with Crippen molar-refractivity contribution < 1.29 is 14.0 Å². The fraction of sp³-hybridized carbons (Fsp3) is 0.105. The van der Waals surface area contributed by atoms with Crippen LogP contribution < -0.4 is 5.32 Å². The molecule has 3 aromatic rings. The molecule has 1 N–H and O–H groups in total. The van der Waals surface area contributed by atoms with Crippen molar-refractivity contribution in [3.63, 3.8) is 0 Å². The molecule has 0 spiro atoms. The van der Waals surface area contributed by atoms with Gasteiger partial charge in [-0.1, -0.05) is 29.3 Å². The van der Waals surface area contributed by atoms with Gasteiger partial charge in [0.05, 0.1) is 6.54 Å². The number of halogens is 2. The summed E-state index contributed by atoms with van der Waals surface area (Å²) >= 11 is 11.9. The summed E-state index contributed by atoms with van der Waals surface area (Å²) in [5.41, 5.74) is 0.681. The van der Waals surface area contributed by atoms with Gasteiger partial charge in [-0.3, -0.25) is 14.3 Å². The summed E-state index contributed by atoms with van der Waals surface area (Å²) < 4.78 is 7.01. The molecule has 0 fully saturated rings. The second-order valence-corrected chi connectivity index (χ2v) is 6.55. The van der Waals surface area contributed by atoms with Crippen molar-refractivity contribution >= 4 is 46.8 Å². The van der Waals surface area contributed by atoms with E-state index in [-0.39, 0.29) is 11.7 Å². The molecule has 0 unspecified atom stereocenters. The zero-order chi connectivity index (χ0) is 19.4. The van der Waals surface area contributed by atoms with E-state index in [1.165, 1.54) is 13.0 Å². The Bertz CT molecular complexity index is 1020. The summed E-state index contributed by atoms with van der Waals surface area (Å²) in [5.74, 6) is 0.811. The molecule has 0 saturated carbocycles. The van der Waals surface area contributed by atoms with Gasteiger partial charge in [0.15, 0.2) is 17.4 Å². The van der Waals surface area contributed by atoms with E-state index < -0.39 is 0 Å². The van der Waals surface area contributed by atoms with Crippen LogP contribution in [0.15, 0.2) is 53.1 Å². The summed E-state index contributed by atoms with van der Waals surface area (Å²) in [6.45, 7) is 1.79. The van der Waals surface area contributed by atoms with Gasteiger partial charge in [-0.25, -0.2) is 0 Å². The molecule has 2 aromatic heterocycles. The molecule has 0 radical (unpaired) electrons. The fourth-order valence-electron chi connectivity index (χ4n) is 2.30. The average Bonchev–Trinajstić information content (AvgIpc) is 3.24. The van der Waals surface area contributed by atoms with Crippen LogP contribution in [-0.4, -0.2) is 21.5 Å². The first-order chi connectivity index (χ1) is 12.9. The van der Waals surface area contributed by atoms with E-state index in [0.717, 1.165) is 0 Å². The molecule has 0 saturated heterocycles. The Morgan fingerprint density at radius 1 is 1.22 bits per heavy atom. The number of aromatic nitrogens is 2. The lowest BCUT2D eigenvalue weighted by Gasteiger charge is -2.00. The largest absolute Gasteiger partial charge is 0.456 e. The maximum Gasteiger partial charge on any atom is 0.249 e. The van der Waals surface area contributed by atoms with Gasteiger partial charge in [0.2, 0.25) is 5.91 Å². The molecule has 6 nitrogen and oxygen atoms in total. The van der Waals surface area contributed by atoms with Crippen LogP contribution in [0.4, 0.5) is 5.82 Å². The third kappa shape index (κ3) is 5.09. The molecule has 1 aromatic carbocycles. The topological polar surface area (TPSA) is 77.1 Å². The lowest BCUT2D eigenvalue weighted by atomic mass is 10.2. The Balaban J connectivity index is 1.60. The van der Waals surface area contributed by atoms with Crippen molar-refractivity contribution in [2.24, 2.45) is 0 Å². The standard InChI is InChI=1S/C19H15Cl2N3O3/c1-12(25)17-6-5-15(27-17)11-24-9-8-18(23-24)22-19(26)7-3-13-2-4-14(20)10-16(13)21/h2-10H,11H2,1H3,(H,22,23,26). The van der Waals surface area contributed by atoms with Crippen LogP contribution in [-0.2, 0) is 11.3 Å². The van der Waals surface area contributed by atoms with Crippen LogP contribution in [0.2, 0.25) is 10.0 Å². The first-order valence-corrected chi connectivity index (χ1v) is 8.73. The quantitative estimate of drug-likeness (QED) is 0.478. The molecule has 0 atom stereocenters. The molecule has 0 aliphatic heterocycles. The van der Waals surface area contributed by atoms with Gasteiger partial charge in [0, 0.05) is 35.3 Å². The second kappa shape index (κ2) is 8.24. The number of rotatable bonds is 6. The number of hydrogen-bond donors (Lipinski definition) is 1. The zero-order valence-corrected chi connectivity index (χ0v) is 15.8. The molecular formula is C19H15Cl2N3O3. The number of hydrogen-bond acceptors (Lipinski definition) is 4. The highest BCUT2D eigenvalue weighted by atomic mass is 35.5. The van der Waals surface area contributed by atoms with E-state index in [0.29, 0.717) is 39.5 Å². The lowest BCUT2D eigenvalue weighted by Crippen LogP contribution is -2.09. The molecular weight excluding hydrogens is 389 g/mol. The maximum absolute atomic E-state index is 12.0. The molecule has 8 heteroatoms. The number of carbonyl (C=O) groups excluding carboxylic acids is 2. The smallest absolute Gasteiger partial charge is 0.249 e. The van der Waals surface area contributed by atoms with E-state index in [1.54, 1.807) is 53.4 Å². The average molecular weight is 404 g/mol. The zero-order valence-electron chi connectivity index (χ0n) is 14.3. The molecule has 1 amide bonds. The number of amides is 1. The van der Waals surface area contributed by atoms with Gasteiger partial charge < -0.3 is 9.73 Å². The predicted octanol–water partition coefficient (Wildman–Crippen LogP) is 4.69. The Morgan fingerprint density at radius 2 is 2.04 bits per heavy atom. The van der Waals surface area contributed by atoms with Crippen molar-refractivity contribution in [1.29, 1.82) is 0 Å². The van der Waals surface area contributed by atoms with Crippen LogP contribution in [0.3, 0.4) is 0 Å². The molecule has 0 aliphatic carbocycles. The first kappa shape index (κ1) is 18.9. The third-order valence-corrected chi connectivity index (χ3v) is 4.16. The summed E-state index contributed by atoms with van der Waals surface area (Å²) in [6, 6.07) is 10.0. The van der Waals surface area contributed by atoms with Crippen LogP contribution in [0, 0.1) is 0 Å². The van der Waals surface area contributed by atoms with Gasteiger partial charge in [-0.2, -0.15) is 5.10 Å². The van der Waals surface area contributed by atoms with Crippen LogP contribution >= 0.6 is 23.2 Å². The molecule has 138 valence electrons. The first-order valence-electron chi connectivity index (χ1n) is 7.98. The lowest BCUT2D eigenvalue weighted by molar-refractivity contribution is -0.111. The summed E-state index contributed by atoms with van der Waals surface area (Å²) in [7, 11) is 0. The number of nitrogens with one attached hydrogen (secondary N) is 1. The van der Waals surface area contributed by atoms with Crippen LogP contribution in [0.25, 0.3) is 6.08 Å². The molecule has 3 rings (SSSR count). The SMILES string of the molecule is CC(=O)c1ccc(Cn2ccc(NC(=O)C=Cc3ccc(Cl)cc3Cl)n2)o1. The molecule has 2 heterocycles. The van der Waals surface area contributed by atoms with Gasteiger partial charge in [-0.05, 0) is 35.9 Å². The third-order valence-electron chi connectivity index (χ3n) is 3.60. The van der Waals surface area contributed by atoms with Gasteiger partial charge in [0.25, 0.3) is 0 Å². The highest BCUT2D eigenvalue weighted by Crippen LogP contribution is 2.22. The van der Waals surface area contributed by atoms with Crippen molar-refractivity contribution in [2.45, 2.75) is 13.5 Å². The Morgan fingerprint density at radius 3 is 2.74 bits per heavy atom. The van der Waals surface area contributed by atoms with E-state index >= 15 is 0 Å². The maximum atomic E-state index is 12.0. The second-order valence-electron chi connectivity index (χ2n) is 5.71. The number of ketones is 1. The minimum Gasteiger partial charge on any atom is -0.456 e. The van der Waals surface area contributed by atoms with Gasteiger partial charge in [0.1, 0.15) is 5.76 Å². The van der Waals surface area contributed by atoms with E-state index in [1.807, 2.05) is 0 Å². The van der Waals surface area contributed by atoms with Gasteiger partial charge >= 0.3 is 0 Å². The summed E-state index contributed by atoms with van der Waals surface area (Å²) in [5, 5.41) is 7.89. The number of nitrogens with zero attached hydrogens (tertiary/aromatic N) is 2. The Kier molecular flexibility index (Phi) is 5.78. The minimum absolute atomic E-state index is 0.137. The van der Waals surface area contributed by atoms with Crippen molar-refractivity contribution in [1.82, 2.24) is 9.78 Å². The Labute approximate surface area is 165 Å². The highest BCUT2D eigenvalue weighted by molar-refractivity contribution is 6.35. The number of anilines is 1. The number of carbonyl (C=O) groups is 2. The van der Waals surface area contributed by atoms with Crippen LogP contribution in [0.5, 0.6) is 0 Å². The predicted molar refractivity (Wildman–Crippen MR) is 104 cm³/mol. The molecule has 0 aliphatic rings. The highest BCUT2D eigenvalue weighted by Gasteiger charge is 2.08. The monoisotopic (exact) mass is 403 g/mol. The molecule has 27 heavy (non-hydrogen) atoms. The normalized spacial score (nSPS) is 11.1. The number of furan rings is 1. The van der Waals surface area contributed by atoms with Crippen molar-refractivity contribution in [3.05, 3.63) is 75.8 Å². The van der Waals surface area contributed by atoms with Gasteiger partial charge in [-0.15, -0.1) is 0 Å². The molecule has 0 bridgehead atoms. The number of benzene rings is 1. The fourth-order valence-corrected chi connectivity index (χ4v) is 2.77. The van der Waals surface area contributed by atoms with E-state index in [9.17, 15) is 9.59 Å². The van der Waals surface area contributed by atoms with Crippen LogP contribution in [0.1, 0.15) is 28.8 Å². The Hall–Kier alpha value is -2.83. The van der Waals surface area contributed by atoms with E-state index in [2.05, 4.69) is 10.4 Å². The van der Waals surface area contributed by atoms with Crippen molar-refractivity contribution in [2.75, 3.05) is 5.32 Å². The summed E-state index contributed by atoms with van der Waals surface area (Å²) in [6.07, 6.45) is 4.66. The van der Waals surface area contributed by atoms with E-state index in [4.69, 9.17) is 27.6 Å². The number of Topliss-reactive ketones (excluding diaryl/α,β-unsaturated/α-hetero) is 1.